The maximum Gasteiger partial charge on any atom is 0.407 e. The molecule has 2 fully saturated rings. The van der Waals surface area contributed by atoms with Crippen molar-refractivity contribution in [2.45, 2.75) is 37.5 Å². The fourth-order valence-electron chi connectivity index (χ4n) is 2.53. The largest absolute Gasteiger partial charge is 0.473 e. The quantitative estimate of drug-likeness (QED) is 0.718. The number of carbonyl (C=O) groups is 1. The highest BCUT2D eigenvalue weighted by Crippen LogP contribution is 2.39. The monoisotopic (exact) mass is 247 g/mol. The number of thioether (sulfide) groups is 1. The van der Waals surface area contributed by atoms with E-state index >= 15 is 0 Å². The molecular weight excluding hydrogens is 234 g/mol. The second-order valence-electron chi connectivity index (χ2n) is 3.83. The van der Waals surface area contributed by atoms with Gasteiger partial charge in [0.05, 0.1) is 6.04 Å². The number of nitrogens with zero attached hydrogens (tertiary/aromatic N) is 1. The second-order valence-corrected chi connectivity index (χ2v) is 5.24. The second kappa shape index (κ2) is 4.17. The Balaban J connectivity index is 2.02. The summed E-state index contributed by atoms with van der Waals surface area (Å²) in [7, 11) is 0. The molecule has 6 heteroatoms. The SMILES string of the molecule is CSC(=S)OC1C[C@H]2CCC1N2C(=O)O. The van der Waals surface area contributed by atoms with Crippen LogP contribution < -0.4 is 0 Å². The van der Waals surface area contributed by atoms with Crippen molar-refractivity contribution in [2.75, 3.05) is 6.26 Å². The highest BCUT2D eigenvalue weighted by Gasteiger charge is 2.50. The molecule has 2 unspecified atom stereocenters. The van der Waals surface area contributed by atoms with E-state index in [2.05, 4.69) is 0 Å². The Labute approximate surface area is 98.0 Å². The number of fused-ring (bicyclic) bond motifs is 2. The Hall–Kier alpha value is -0.490. The Morgan fingerprint density at radius 2 is 2.33 bits per heavy atom. The lowest BCUT2D eigenvalue weighted by Gasteiger charge is -2.22. The van der Waals surface area contributed by atoms with Gasteiger partial charge < -0.3 is 9.84 Å². The molecule has 2 bridgehead atoms. The summed E-state index contributed by atoms with van der Waals surface area (Å²) in [4.78, 5) is 12.5. The first-order valence-corrected chi connectivity index (χ1v) is 6.52. The van der Waals surface area contributed by atoms with Crippen molar-refractivity contribution in [3.63, 3.8) is 0 Å². The molecule has 2 rings (SSSR count). The Kier molecular flexibility index (Phi) is 3.06. The van der Waals surface area contributed by atoms with Crippen LogP contribution in [0.2, 0.25) is 0 Å². The molecule has 2 saturated heterocycles. The van der Waals surface area contributed by atoms with E-state index in [1.165, 1.54) is 16.7 Å². The molecule has 0 aliphatic carbocycles. The molecule has 2 heterocycles. The standard InChI is InChI=1S/C9H13NO3S2/c1-15-9(14)13-7-4-5-2-3-6(7)10(5)8(11)12/h5-7H,2-4H2,1H3,(H,11,12)/t5-,6?,7?/m1/s1. The molecule has 4 nitrogen and oxygen atoms in total. The maximum atomic E-state index is 11.0. The first-order valence-electron chi connectivity index (χ1n) is 4.89. The van der Waals surface area contributed by atoms with Crippen molar-refractivity contribution in [3.8, 4) is 0 Å². The van der Waals surface area contributed by atoms with Gasteiger partial charge in [0.2, 0.25) is 4.38 Å². The fraction of sp³-hybridized carbons (Fsp3) is 0.778. The molecule has 1 amide bonds. The molecule has 84 valence electrons. The van der Waals surface area contributed by atoms with Gasteiger partial charge in [-0.25, -0.2) is 4.79 Å². The molecule has 0 aromatic rings. The minimum absolute atomic E-state index is 0.0117. The third-order valence-electron chi connectivity index (χ3n) is 3.12. The van der Waals surface area contributed by atoms with Crippen LogP contribution in [0.5, 0.6) is 0 Å². The van der Waals surface area contributed by atoms with Crippen LogP contribution in [-0.2, 0) is 4.74 Å². The summed E-state index contributed by atoms with van der Waals surface area (Å²) in [6, 6.07) is 0.153. The predicted octanol–water partition coefficient (Wildman–Crippen LogP) is 1.93. The predicted molar refractivity (Wildman–Crippen MR) is 62.3 cm³/mol. The average molecular weight is 247 g/mol. The van der Waals surface area contributed by atoms with Crippen LogP contribution in [0.25, 0.3) is 0 Å². The molecule has 15 heavy (non-hydrogen) atoms. The number of hydrogen-bond donors (Lipinski definition) is 1. The van der Waals surface area contributed by atoms with Crippen LogP contribution in [-0.4, -0.2) is 44.9 Å². The third kappa shape index (κ3) is 1.92. The van der Waals surface area contributed by atoms with Crippen LogP contribution in [0.4, 0.5) is 4.79 Å². The Bertz CT molecular complexity index is 297. The van der Waals surface area contributed by atoms with Crippen LogP contribution in [0.3, 0.4) is 0 Å². The lowest BCUT2D eigenvalue weighted by atomic mass is 9.98. The van der Waals surface area contributed by atoms with Crippen molar-refractivity contribution in [1.29, 1.82) is 0 Å². The molecule has 0 spiro atoms. The summed E-state index contributed by atoms with van der Waals surface area (Å²) in [6.45, 7) is 0. The van der Waals surface area contributed by atoms with Gasteiger partial charge in [-0.05, 0) is 31.3 Å². The lowest BCUT2D eigenvalue weighted by molar-refractivity contribution is 0.116. The van der Waals surface area contributed by atoms with Gasteiger partial charge >= 0.3 is 6.09 Å². The first kappa shape index (κ1) is 11.0. The normalized spacial score (nSPS) is 33.1. The zero-order valence-electron chi connectivity index (χ0n) is 8.38. The number of thiocarbonyl (C=S) groups is 1. The van der Waals surface area contributed by atoms with E-state index < -0.39 is 6.09 Å². The minimum Gasteiger partial charge on any atom is -0.473 e. The summed E-state index contributed by atoms with van der Waals surface area (Å²) < 4.78 is 6.08. The van der Waals surface area contributed by atoms with Gasteiger partial charge in [-0.3, -0.25) is 4.90 Å². The molecule has 3 atom stereocenters. The molecule has 0 saturated carbocycles. The van der Waals surface area contributed by atoms with Gasteiger partial charge in [-0.1, -0.05) is 11.8 Å². The minimum atomic E-state index is -0.830. The molecule has 2 aliphatic heterocycles. The molecule has 0 aromatic carbocycles. The molecular formula is C9H13NO3S2. The zero-order chi connectivity index (χ0) is 11.0. The molecule has 2 aliphatic rings. The maximum absolute atomic E-state index is 11.0. The van der Waals surface area contributed by atoms with Gasteiger partial charge in [-0.15, -0.1) is 0 Å². The number of amides is 1. The summed E-state index contributed by atoms with van der Waals surface area (Å²) in [6.07, 6.45) is 3.66. The van der Waals surface area contributed by atoms with Crippen LogP contribution in [0.1, 0.15) is 19.3 Å². The number of rotatable bonds is 1. The van der Waals surface area contributed by atoms with E-state index in [4.69, 9.17) is 22.1 Å². The number of hydrogen-bond acceptors (Lipinski definition) is 4. The van der Waals surface area contributed by atoms with Gasteiger partial charge in [0.25, 0.3) is 0 Å². The first-order chi connectivity index (χ1) is 7.13. The van der Waals surface area contributed by atoms with E-state index in [9.17, 15) is 4.79 Å². The van der Waals surface area contributed by atoms with E-state index in [1.807, 2.05) is 6.26 Å². The van der Waals surface area contributed by atoms with Gasteiger partial charge in [0.1, 0.15) is 6.10 Å². The molecule has 0 radical (unpaired) electrons. The number of carboxylic acid groups (broad SMARTS) is 1. The third-order valence-corrected chi connectivity index (χ3v) is 4.14. The van der Waals surface area contributed by atoms with Crippen LogP contribution in [0.15, 0.2) is 0 Å². The highest BCUT2D eigenvalue weighted by atomic mass is 32.2. The lowest BCUT2D eigenvalue weighted by Crippen LogP contribution is -2.37. The Morgan fingerprint density at radius 1 is 1.60 bits per heavy atom. The average Bonchev–Trinajstić information content (AvgIpc) is 2.74. The smallest absolute Gasteiger partial charge is 0.407 e. The molecule has 0 aromatic heterocycles. The van der Waals surface area contributed by atoms with Crippen molar-refractivity contribution in [1.82, 2.24) is 4.90 Å². The van der Waals surface area contributed by atoms with E-state index in [0.29, 0.717) is 4.38 Å². The van der Waals surface area contributed by atoms with Crippen molar-refractivity contribution in [2.24, 2.45) is 0 Å². The summed E-state index contributed by atoms with van der Waals surface area (Å²) >= 11 is 6.38. The van der Waals surface area contributed by atoms with Gasteiger partial charge in [0.15, 0.2) is 0 Å². The van der Waals surface area contributed by atoms with Crippen molar-refractivity contribution in [3.05, 3.63) is 0 Å². The molecule has 1 N–H and O–H groups in total. The summed E-state index contributed by atoms with van der Waals surface area (Å²) in [5.74, 6) is 0. The van der Waals surface area contributed by atoms with E-state index in [1.54, 1.807) is 0 Å². The van der Waals surface area contributed by atoms with Gasteiger partial charge in [0, 0.05) is 12.5 Å². The van der Waals surface area contributed by atoms with Crippen molar-refractivity contribution < 1.29 is 14.6 Å². The van der Waals surface area contributed by atoms with Crippen molar-refractivity contribution >= 4 is 34.5 Å². The topological polar surface area (TPSA) is 49.8 Å². The fourth-order valence-corrected chi connectivity index (χ4v) is 2.87. The van der Waals surface area contributed by atoms with Crippen LogP contribution >= 0.6 is 24.0 Å². The highest BCUT2D eigenvalue weighted by molar-refractivity contribution is 8.22. The zero-order valence-corrected chi connectivity index (χ0v) is 10.0. The Morgan fingerprint density at radius 3 is 2.87 bits per heavy atom. The van der Waals surface area contributed by atoms with Crippen LogP contribution in [0, 0.1) is 0 Å². The van der Waals surface area contributed by atoms with E-state index in [0.717, 1.165) is 19.3 Å². The van der Waals surface area contributed by atoms with E-state index in [-0.39, 0.29) is 18.2 Å². The number of ether oxygens (including phenoxy) is 1. The van der Waals surface area contributed by atoms with Gasteiger partial charge in [-0.2, -0.15) is 0 Å². The summed E-state index contributed by atoms with van der Waals surface area (Å²) in [5.41, 5.74) is 0. The summed E-state index contributed by atoms with van der Waals surface area (Å²) in [5, 5.41) is 9.04.